The minimum Gasteiger partial charge on any atom is -0.373 e. The first-order chi connectivity index (χ1) is 8.65. The lowest BCUT2D eigenvalue weighted by atomic mass is 10.1. The summed E-state index contributed by atoms with van der Waals surface area (Å²) in [6.45, 7) is 4.03. The molecule has 0 radical (unpaired) electrons. The van der Waals surface area contributed by atoms with Crippen molar-refractivity contribution >= 4 is 5.82 Å². The van der Waals surface area contributed by atoms with Gasteiger partial charge in [-0.2, -0.15) is 0 Å². The Kier molecular flexibility index (Phi) is 3.55. The van der Waals surface area contributed by atoms with Gasteiger partial charge in [-0.1, -0.05) is 19.1 Å². The number of benzene rings is 1. The van der Waals surface area contributed by atoms with Gasteiger partial charge in [-0.15, -0.1) is 0 Å². The summed E-state index contributed by atoms with van der Waals surface area (Å²) in [4.78, 5) is 8.91. The topological polar surface area (TPSA) is 37.8 Å². The summed E-state index contributed by atoms with van der Waals surface area (Å²) in [6, 6.07) is 6.34. The van der Waals surface area contributed by atoms with Crippen LogP contribution >= 0.6 is 0 Å². The van der Waals surface area contributed by atoms with Gasteiger partial charge < -0.3 is 5.32 Å². The molecule has 0 amide bonds. The Bertz CT molecular complexity index is 542. The summed E-state index contributed by atoms with van der Waals surface area (Å²) in [5.41, 5.74) is 2.72. The van der Waals surface area contributed by atoms with Gasteiger partial charge in [0.1, 0.15) is 11.6 Å². The number of halogens is 1. The summed E-state index contributed by atoms with van der Waals surface area (Å²) in [5.74, 6) is 1.07. The molecule has 0 aliphatic rings. The minimum atomic E-state index is -0.277. The molecule has 94 valence electrons. The van der Waals surface area contributed by atoms with E-state index in [4.69, 9.17) is 0 Å². The summed E-state index contributed by atoms with van der Waals surface area (Å²) in [6.07, 6.45) is 0.825. The number of rotatable bonds is 3. The molecule has 0 unspecified atom stereocenters. The molecule has 0 spiro atoms. The zero-order valence-electron chi connectivity index (χ0n) is 10.8. The van der Waals surface area contributed by atoms with Gasteiger partial charge in [0.2, 0.25) is 0 Å². The standard InChI is InChI=1S/C14H16FN3/c1-4-12-9(2)13(16-3)18-14(17-12)10-6-5-7-11(15)8-10/h5-8H,4H2,1-3H3,(H,16,17,18). The predicted octanol–water partition coefficient (Wildman–Crippen LogP) is 3.20. The number of nitrogens with one attached hydrogen (secondary N) is 1. The second-order valence-electron chi connectivity index (χ2n) is 4.08. The maximum Gasteiger partial charge on any atom is 0.161 e. The predicted molar refractivity (Wildman–Crippen MR) is 71.1 cm³/mol. The number of nitrogens with zero attached hydrogens (tertiary/aromatic N) is 2. The van der Waals surface area contributed by atoms with Crippen molar-refractivity contribution < 1.29 is 4.39 Å². The molecule has 4 heteroatoms. The Morgan fingerprint density at radius 2 is 2.06 bits per heavy atom. The summed E-state index contributed by atoms with van der Waals surface area (Å²) in [7, 11) is 1.82. The molecule has 0 fully saturated rings. The normalized spacial score (nSPS) is 10.4. The first-order valence-electron chi connectivity index (χ1n) is 5.97. The fourth-order valence-corrected chi connectivity index (χ4v) is 1.91. The van der Waals surface area contributed by atoms with Crippen LogP contribution < -0.4 is 5.32 Å². The molecule has 3 nitrogen and oxygen atoms in total. The molecule has 18 heavy (non-hydrogen) atoms. The Morgan fingerprint density at radius 3 is 2.67 bits per heavy atom. The van der Waals surface area contributed by atoms with Crippen LogP contribution in [0.25, 0.3) is 11.4 Å². The van der Waals surface area contributed by atoms with Crippen LogP contribution in [-0.4, -0.2) is 17.0 Å². The molecule has 0 aliphatic heterocycles. The highest BCUT2D eigenvalue weighted by Crippen LogP contribution is 2.22. The third-order valence-corrected chi connectivity index (χ3v) is 2.90. The van der Waals surface area contributed by atoms with E-state index < -0.39 is 0 Å². The van der Waals surface area contributed by atoms with Crippen molar-refractivity contribution in [2.24, 2.45) is 0 Å². The molecule has 1 aromatic heterocycles. The zero-order valence-corrected chi connectivity index (χ0v) is 10.8. The number of hydrogen-bond acceptors (Lipinski definition) is 3. The summed E-state index contributed by atoms with van der Waals surface area (Å²) in [5, 5.41) is 3.05. The van der Waals surface area contributed by atoms with Gasteiger partial charge in [-0.3, -0.25) is 0 Å². The smallest absolute Gasteiger partial charge is 0.161 e. The van der Waals surface area contributed by atoms with E-state index >= 15 is 0 Å². The van der Waals surface area contributed by atoms with E-state index in [0.717, 1.165) is 23.5 Å². The lowest BCUT2D eigenvalue weighted by Crippen LogP contribution is -2.04. The van der Waals surface area contributed by atoms with Gasteiger partial charge in [0.05, 0.1) is 0 Å². The van der Waals surface area contributed by atoms with E-state index in [0.29, 0.717) is 11.4 Å². The van der Waals surface area contributed by atoms with Gasteiger partial charge >= 0.3 is 0 Å². The first kappa shape index (κ1) is 12.5. The van der Waals surface area contributed by atoms with Crippen molar-refractivity contribution in [3.8, 4) is 11.4 Å². The van der Waals surface area contributed by atoms with Gasteiger partial charge in [0, 0.05) is 23.9 Å². The van der Waals surface area contributed by atoms with E-state index in [9.17, 15) is 4.39 Å². The van der Waals surface area contributed by atoms with Gasteiger partial charge in [0.15, 0.2) is 5.82 Å². The average Bonchev–Trinajstić information content (AvgIpc) is 2.39. The molecule has 1 N–H and O–H groups in total. The molecule has 0 aliphatic carbocycles. The number of hydrogen-bond donors (Lipinski definition) is 1. The monoisotopic (exact) mass is 245 g/mol. The van der Waals surface area contributed by atoms with Crippen LogP contribution in [-0.2, 0) is 6.42 Å². The van der Waals surface area contributed by atoms with Crippen LogP contribution in [0.15, 0.2) is 24.3 Å². The Balaban J connectivity index is 2.58. The highest BCUT2D eigenvalue weighted by atomic mass is 19.1. The van der Waals surface area contributed by atoms with Crippen LogP contribution in [0, 0.1) is 12.7 Å². The maximum absolute atomic E-state index is 13.2. The quantitative estimate of drug-likeness (QED) is 0.902. The molecule has 0 saturated carbocycles. The second kappa shape index (κ2) is 5.12. The molecule has 0 bridgehead atoms. The highest BCUT2D eigenvalue weighted by molar-refractivity contribution is 5.59. The van der Waals surface area contributed by atoms with Crippen molar-refractivity contribution in [2.45, 2.75) is 20.3 Å². The van der Waals surface area contributed by atoms with E-state index in [-0.39, 0.29) is 5.82 Å². The van der Waals surface area contributed by atoms with Crippen molar-refractivity contribution in [3.05, 3.63) is 41.3 Å². The molecule has 0 atom stereocenters. The van der Waals surface area contributed by atoms with E-state index in [2.05, 4.69) is 15.3 Å². The molecular formula is C14H16FN3. The molecule has 1 aromatic carbocycles. The number of aromatic nitrogens is 2. The number of aryl methyl sites for hydroxylation is 1. The third kappa shape index (κ3) is 2.32. The van der Waals surface area contributed by atoms with Crippen molar-refractivity contribution in [2.75, 3.05) is 12.4 Å². The van der Waals surface area contributed by atoms with Gasteiger partial charge in [0.25, 0.3) is 0 Å². The van der Waals surface area contributed by atoms with Crippen LogP contribution in [0.2, 0.25) is 0 Å². The van der Waals surface area contributed by atoms with Gasteiger partial charge in [-0.25, -0.2) is 14.4 Å². The maximum atomic E-state index is 13.2. The van der Waals surface area contributed by atoms with E-state index in [1.165, 1.54) is 12.1 Å². The molecule has 1 heterocycles. The zero-order chi connectivity index (χ0) is 13.1. The molecule has 2 rings (SSSR count). The van der Waals surface area contributed by atoms with Crippen LogP contribution in [0.5, 0.6) is 0 Å². The Labute approximate surface area is 106 Å². The van der Waals surface area contributed by atoms with Crippen LogP contribution in [0.3, 0.4) is 0 Å². The Morgan fingerprint density at radius 1 is 1.28 bits per heavy atom. The largest absolute Gasteiger partial charge is 0.373 e. The minimum absolute atomic E-state index is 0.277. The van der Waals surface area contributed by atoms with Crippen LogP contribution in [0.1, 0.15) is 18.2 Å². The summed E-state index contributed by atoms with van der Waals surface area (Å²) >= 11 is 0. The van der Waals surface area contributed by atoms with Crippen molar-refractivity contribution in [3.63, 3.8) is 0 Å². The number of anilines is 1. The fraction of sp³-hybridized carbons (Fsp3) is 0.286. The average molecular weight is 245 g/mol. The van der Waals surface area contributed by atoms with Gasteiger partial charge in [-0.05, 0) is 25.5 Å². The first-order valence-corrected chi connectivity index (χ1v) is 5.97. The van der Waals surface area contributed by atoms with E-state index in [1.54, 1.807) is 6.07 Å². The highest BCUT2D eigenvalue weighted by Gasteiger charge is 2.10. The SMILES string of the molecule is CCc1nc(-c2cccc(F)c2)nc(NC)c1C. The molecule has 2 aromatic rings. The second-order valence-corrected chi connectivity index (χ2v) is 4.08. The molecule has 0 saturated heterocycles. The van der Waals surface area contributed by atoms with E-state index in [1.807, 2.05) is 27.0 Å². The summed E-state index contributed by atoms with van der Waals surface area (Å²) < 4.78 is 13.2. The Hall–Kier alpha value is -1.97. The fourth-order valence-electron chi connectivity index (χ4n) is 1.91. The lowest BCUT2D eigenvalue weighted by molar-refractivity contribution is 0.628. The lowest BCUT2D eigenvalue weighted by Gasteiger charge is -2.11. The van der Waals surface area contributed by atoms with Crippen molar-refractivity contribution in [1.29, 1.82) is 0 Å². The molecular weight excluding hydrogens is 229 g/mol. The van der Waals surface area contributed by atoms with Crippen molar-refractivity contribution in [1.82, 2.24) is 9.97 Å². The third-order valence-electron chi connectivity index (χ3n) is 2.90. The van der Waals surface area contributed by atoms with Crippen LogP contribution in [0.4, 0.5) is 10.2 Å².